The number of rotatable bonds is 5. The van der Waals surface area contributed by atoms with Gasteiger partial charge in [0, 0.05) is 24.5 Å². The van der Waals surface area contributed by atoms with Gasteiger partial charge in [-0.05, 0) is 35.3 Å². The number of nitrogens with zero attached hydrogens (tertiary/aromatic N) is 1. The summed E-state index contributed by atoms with van der Waals surface area (Å²) in [5, 5.41) is 3.13. The Morgan fingerprint density at radius 1 is 1.56 bits per heavy atom. The predicted molar refractivity (Wildman–Crippen MR) is 77.6 cm³/mol. The molecule has 102 valence electrons. The molecule has 0 amide bonds. The minimum absolute atomic E-state index is 0.105. The van der Waals surface area contributed by atoms with Crippen LogP contribution in [0, 0.1) is 6.92 Å². The van der Waals surface area contributed by atoms with Crippen LogP contribution in [0.4, 0.5) is 0 Å². The molecule has 18 heavy (non-hydrogen) atoms. The first-order valence-electron chi connectivity index (χ1n) is 5.95. The Morgan fingerprint density at radius 2 is 2.22 bits per heavy atom. The molecule has 1 aliphatic rings. The highest BCUT2D eigenvalue weighted by molar-refractivity contribution is 9.11. The summed E-state index contributed by atoms with van der Waals surface area (Å²) in [6.07, 6.45) is 0.833. The van der Waals surface area contributed by atoms with E-state index in [9.17, 15) is 8.42 Å². The van der Waals surface area contributed by atoms with Gasteiger partial charge in [-0.1, -0.05) is 6.92 Å². The maximum absolute atomic E-state index is 12.7. The van der Waals surface area contributed by atoms with Gasteiger partial charge in [0.25, 0.3) is 0 Å². The van der Waals surface area contributed by atoms with Crippen LogP contribution < -0.4 is 5.32 Å². The van der Waals surface area contributed by atoms with Gasteiger partial charge >= 0.3 is 0 Å². The van der Waals surface area contributed by atoms with Gasteiger partial charge in [-0.25, -0.2) is 8.42 Å². The molecule has 0 radical (unpaired) electrons. The van der Waals surface area contributed by atoms with Gasteiger partial charge in [-0.2, -0.15) is 4.31 Å². The Bertz CT molecular complexity index is 523. The number of nitrogens with one attached hydrogen (secondary N) is 1. The molecule has 1 aliphatic heterocycles. The summed E-state index contributed by atoms with van der Waals surface area (Å²) in [5.41, 5.74) is 0. The second-order valence-electron chi connectivity index (χ2n) is 4.40. The Morgan fingerprint density at radius 3 is 2.61 bits per heavy atom. The third kappa shape index (κ3) is 2.65. The first kappa shape index (κ1) is 14.5. The zero-order valence-corrected chi connectivity index (χ0v) is 13.7. The summed E-state index contributed by atoms with van der Waals surface area (Å²) in [4.78, 5) is 1.29. The molecule has 0 aromatic carbocycles. The van der Waals surface area contributed by atoms with E-state index in [1.54, 1.807) is 10.4 Å². The molecule has 2 heterocycles. The quantitative estimate of drug-likeness (QED) is 0.883. The van der Waals surface area contributed by atoms with Crippen LogP contribution in [0.5, 0.6) is 0 Å². The van der Waals surface area contributed by atoms with Crippen LogP contribution in [0.25, 0.3) is 0 Å². The van der Waals surface area contributed by atoms with Gasteiger partial charge in [0.15, 0.2) is 0 Å². The average molecular weight is 353 g/mol. The predicted octanol–water partition coefficient (Wildman–Crippen LogP) is 2.19. The van der Waals surface area contributed by atoms with Crippen molar-refractivity contribution in [1.82, 2.24) is 9.62 Å². The average Bonchev–Trinajstić information content (AvgIpc) is 2.55. The number of halogens is 1. The molecule has 2 rings (SSSR count). The molecule has 0 atom stereocenters. The first-order valence-corrected chi connectivity index (χ1v) is 9.00. The molecule has 7 heteroatoms. The second kappa shape index (κ2) is 5.58. The molecular formula is C11H17BrN2O2S2. The lowest BCUT2D eigenvalue weighted by molar-refractivity contribution is 0.242. The number of thiophene rings is 1. The van der Waals surface area contributed by atoms with Crippen molar-refractivity contribution < 1.29 is 8.42 Å². The van der Waals surface area contributed by atoms with Gasteiger partial charge in [-0.15, -0.1) is 11.3 Å². The van der Waals surface area contributed by atoms with E-state index in [4.69, 9.17) is 0 Å². The van der Waals surface area contributed by atoms with Crippen molar-refractivity contribution in [3.8, 4) is 0 Å². The molecule has 0 aliphatic carbocycles. The molecule has 0 bridgehead atoms. The van der Waals surface area contributed by atoms with Crippen LogP contribution in [0.3, 0.4) is 0 Å². The molecule has 4 nitrogen and oxygen atoms in total. The van der Waals surface area contributed by atoms with Gasteiger partial charge in [0.05, 0.1) is 14.7 Å². The molecule has 1 saturated heterocycles. The van der Waals surface area contributed by atoms with Gasteiger partial charge in [0.1, 0.15) is 0 Å². The molecule has 1 fully saturated rings. The van der Waals surface area contributed by atoms with E-state index in [-0.39, 0.29) is 6.04 Å². The van der Waals surface area contributed by atoms with E-state index in [2.05, 4.69) is 21.2 Å². The van der Waals surface area contributed by atoms with Gasteiger partial charge < -0.3 is 5.32 Å². The number of hydrogen-bond donors (Lipinski definition) is 1. The maximum atomic E-state index is 12.7. The molecule has 1 aromatic heterocycles. The fraction of sp³-hybridized carbons (Fsp3) is 0.636. The fourth-order valence-corrected chi connectivity index (χ4v) is 6.11. The summed E-state index contributed by atoms with van der Waals surface area (Å²) in [5.74, 6) is 0. The molecular weight excluding hydrogens is 336 g/mol. The Labute approximate surface area is 121 Å². The highest BCUT2D eigenvalue weighted by atomic mass is 79.9. The largest absolute Gasteiger partial charge is 0.313 e. The normalized spacial score (nSPS) is 17.1. The Kier molecular flexibility index (Phi) is 4.48. The summed E-state index contributed by atoms with van der Waals surface area (Å²) in [6.45, 7) is 5.95. The fourth-order valence-electron chi connectivity index (χ4n) is 2.01. The highest BCUT2D eigenvalue weighted by Gasteiger charge is 2.35. The van der Waals surface area contributed by atoms with Crippen molar-refractivity contribution in [2.24, 2.45) is 0 Å². The lowest BCUT2D eigenvalue weighted by Gasteiger charge is -2.37. The monoisotopic (exact) mass is 352 g/mol. The summed E-state index contributed by atoms with van der Waals surface area (Å²) in [6, 6.07) is 1.82. The van der Waals surface area contributed by atoms with E-state index in [1.807, 2.05) is 13.8 Å². The lowest BCUT2D eigenvalue weighted by atomic mass is 10.2. The van der Waals surface area contributed by atoms with Gasteiger partial charge in [-0.3, -0.25) is 0 Å². The van der Waals surface area contributed by atoms with Crippen LogP contribution in [0.15, 0.2) is 14.7 Å². The minimum atomic E-state index is -3.36. The number of sulfonamides is 1. The van der Waals surface area contributed by atoms with E-state index in [0.29, 0.717) is 11.4 Å². The van der Waals surface area contributed by atoms with Crippen LogP contribution in [-0.2, 0) is 10.0 Å². The molecule has 0 saturated carbocycles. The van der Waals surface area contributed by atoms with Crippen LogP contribution in [0.1, 0.15) is 18.2 Å². The maximum Gasteiger partial charge on any atom is 0.244 e. The van der Waals surface area contributed by atoms with Gasteiger partial charge in [0.2, 0.25) is 10.0 Å². The van der Waals surface area contributed by atoms with Crippen molar-refractivity contribution >= 4 is 37.3 Å². The van der Waals surface area contributed by atoms with E-state index >= 15 is 0 Å². The standard InChI is InChI=1S/C11H17BrN2O2S2/c1-3-4-14(9-6-13-7-9)18(15,16)10-5-11(12)17-8(10)2/h5,9,13H,3-4,6-7H2,1-2H3. The Hall–Kier alpha value is 0.0500. The third-order valence-electron chi connectivity index (χ3n) is 3.04. The second-order valence-corrected chi connectivity index (χ2v) is 8.89. The van der Waals surface area contributed by atoms with E-state index in [1.165, 1.54) is 11.3 Å². The SMILES string of the molecule is CCCN(C1CNC1)S(=O)(=O)c1cc(Br)sc1C. The number of hydrogen-bond acceptors (Lipinski definition) is 4. The number of aryl methyl sites for hydroxylation is 1. The minimum Gasteiger partial charge on any atom is -0.313 e. The van der Waals surface area contributed by atoms with E-state index in [0.717, 1.165) is 28.2 Å². The van der Waals surface area contributed by atoms with Crippen molar-refractivity contribution in [2.45, 2.75) is 31.2 Å². The van der Waals surface area contributed by atoms with Crippen LogP contribution >= 0.6 is 27.3 Å². The smallest absolute Gasteiger partial charge is 0.244 e. The van der Waals surface area contributed by atoms with Crippen LogP contribution in [0.2, 0.25) is 0 Å². The van der Waals surface area contributed by atoms with Crippen molar-refractivity contribution in [1.29, 1.82) is 0 Å². The van der Waals surface area contributed by atoms with Crippen molar-refractivity contribution in [3.63, 3.8) is 0 Å². The highest BCUT2D eigenvalue weighted by Crippen LogP contribution is 2.32. The lowest BCUT2D eigenvalue weighted by Crippen LogP contribution is -2.58. The van der Waals surface area contributed by atoms with Crippen molar-refractivity contribution in [2.75, 3.05) is 19.6 Å². The summed E-state index contributed by atoms with van der Waals surface area (Å²) >= 11 is 4.82. The zero-order chi connectivity index (χ0) is 13.3. The molecule has 1 aromatic rings. The first-order chi connectivity index (χ1) is 8.46. The molecule has 0 unspecified atom stereocenters. The Balaban J connectivity index is 2.35. The summed E-state index contributed by atoms with van der Waals surface area (Å²) in [7, 11) is -3.36. The summed E-state index contributed by atoms with van der Waals surface area (Å²) < 4.78 is 27.9. The molecule has 0 spiro atoms. The molecule has 1 N–H and O–H groups in total. The third-order valence-corrected chi connectivity index (χ3v) is 6.80. The zero-order valence-electron chi connectivity index (χ0n) is 10.4. The van der Waals surface area contributed by atoms with E-state index < -0.39 is 10.0 Å². The topological polar surface area (TPSA) is 49.4 Å². The van der Waals surface area contributed by atoms with Crippen molar-refractivity contribution in [3.05, 3.63) is 14.7 Å². The van der Waals surface area contributed by atoms with Crippen LogP contribution in [-0.4, -0.2) is 38.4 Å².